The van der Waals surface area contributed by atoms with Gasteiger partial charge in [0.1, 0.15) is 12.1 Å². The number of nitrogens with zero attached hydrogens (tertiary/aromatic N) is 1. The zero-order valence-electron chi connectivity index (χ0n) is 16.0. The van der Waals surface area contributed by atoms with Gasteiger partial charge in [-0.25, -0.2) is 13.2 Å². The van der Waals surface area contributed by atoms with E-state index in [2.05, 4.69) is 10.6 Å². The van der Waals surface area contributed by atoms with E-state index >= 15 is 0 Å². The highest BCUT2D eigenvalue weighted by atomic mass is 32.2. The van der Waals surface area contributed by atoms with Crippen LogP contribution in [0.15, 0.2) is 59.5 Å². The predicted octanol–water partition coefficient (Wildman–Crippen LogP) is 1.89. The molecule has 29 heavy (non-hydrogen) atoms. The lowest BCUT2D eigenvalue weighted by molar-refractivity contribution is -0.134. The fourth-order valence-corrected chi connectivity index (χ4v) is 3.95. The maximum atomic E-state index is 13.0. The van der Waals surface area contributed by atoms with Gasteiger partial charge < -0.3 is 10.6 Å². The van der Waals surface area contributed by atoms with E-state index in [1.807, 2.05) is 6.07 Å². The first-order chi connectivity index (χ1) is 13.7. The molecule has 0 radical (unpaired) electrons. The molecule has 1 fully saturated rings. The number of amides is 4. The summed E-state index contributed by atoms with van der Waals surface area (Å²) in [7, 11) is -3.43. The molecule has 4 amide bonds. The Morgan fingerprint density at radius 1 is 1.10 bits per heavy atom. The van der Waals surface area contributed by atoms with Crippen molar-refractivity contribution in [2.45, 2.75) is 23.8 Å². The van der Waals surface area contributed by atoms with E-state index in [1.165, 1.54) is 24.3 Å². The molecule has 2 N–H and O–H groups in total. The van der Waals surface area contributed by atoms with Gasteiger partial charge in [0.15, 0.2) is 9.84 Å². The maximum Gasteiger partial charge on any atom is 0.325 e. The number of hydrogen-bond donors (Lipinski definition) is 2. The second-order valence-corrected chi connectivity index (χ2v) is 8.81. The lowest BCUT2D eigenvalue weighted by Gasteiger charge is -2.25. The highest BCUT2D eigenvalue weighted by molar-refractivity contribution is 7.90. The molecule has 0 aliphatic carbocycles. The van der Waals surface area contributed by atoms with Gasteiger partial charge in [-0.15, -0.1) is 0 Å². The third kappa shape index (κ3) is 4.00. The van der Waals surface area contributed by atoms with E-state index in [1.54, 1.807) is 31.2 Å². The second kappa shape index (κ2) is 7.67. The van der Waals surface area contributed by atoms with Crippen molar-refractivity contribution in [3.63, 3.8) is 0 Å². The predicted molar refractivity (Wildman–Crippen MR) is 107 cm³/mol. The van der Waals surface area contributed by atoms with E-state index in [4.69, 9.17) is 0 Å². The molecule has 1 heterocycles. The Balaban J connectivity index is 1.78. The zero-order valence-corrected chi connectivity index (χ0v) is 16.8. The highest BCUT2D eigenvalue weighted by Gasteiger charge is 2.51. The summed E-state index contributed by atoms with van der Waals surface area (Å²) in [5, 5.41) is 5.24. The summed E-state index contributed by atoms with van der Waals surface area (Å²) in [5.41, 5.74) is -0.311. The Kier molecular flexibility index (Phi) is 5.43. The number of rotatable bonds is 6. The van der Waals surface area contributed by atoms with E-state index in [0.29, 0.717) is 12.0 Å². The first-order valence-corrected chi connectivity index (χ1v) is 10.9. The average molecular weight is 415 g/mol. The molecular weight excluding hydrogens is 394 g/mol. The van der Waals surface area contributed by atoms with Gasteiger partial charge in [-0.2, -0.15) is 0 Å². The van der Waals surface area contributed by atoms with Crippen molar-refractivity contribution in [3.05, 3.63) is 60.2 Å². The van der Waals surface area contributed by atoms with Gasteiger partial charge in [-0.3, -0.25) is 14.5 Å². The minimum absolute atomic E-state index is 0.0550. The molecule has 8 nitrogen and oxygen atoms in total. The molecule has 1 atom stereocenters. The van der Waals surface area contributed by atoms with Crippen LogP contribution in [0.1, 0.15) is 18.9 Å². The van der Waals surface area contributed by atoms with Crippen molar-refractivity contribution in [1.82, 2.24) is 10.2 Å². The summed E-state index contributed by atoms with van der Waals surface area (Å²) in [4.78, 5) is 38.8. The fourth-order valence-electron chi connectivity index (χ4n) is 3.28. The Morgan fingerprint density at radius 3 is 2.41 bits per heavy atom. The molecule has 0 aromatic heterocycles. The minimum Gasteiger partial charge on any atom is -0.324 e. The molecule has 1 aliphatic rings. The van der Waals surface area contributed by atoms with Crippen LogP contribution in [0.2, 0.25) is 0 Å². The largest absolute Gasteiger partial charge is 0.325 e. The lowest BCUT2D eigenvalue weighted by atomic mass is 9.87. The van der Waals surface area contributed by atoms with Crippen LogP contribution >= 0.6 is 0 Å². The van der Waals surface area contributed by atoms with E-state index in [0.717, 1.165) is 11.2 Å². The lowest BCUT2D eigenvalue weighted by Crippen LogP contribution is -2.44. The molecule has 3 rings (SSSR count). The van der Waals surface area contributed by atoms with Crippen LogP contribution in [-0.2, 0) is 25.0 Å². The SMILES string of the molecule is CCC1(c2ccccc2)NC(=O)N(CC(=O)Nc2cccc(S(C)(=O)=O)c2)C1=O. The molecule has 0 spiro atoms. The number of carbonyl (C=O) groups excluding carboxylic acids is 3. The number of benzene rings is 2. The third-order valence-electron chi connectivity index (χ3n) is 4.82. The Bertz CT molecular complexity index is 1070. The third-order valence-corrected chi connectivity index (χ3v) is 5.93. The van der Waals surface area contributed by atoms with Gasteiger partial charge in [0.05, 0.1) is 4.90 Å². The summed E-state index contributed by atoms with van der Waals surface area (Å²) < 4.78 is 23.3. The summed E-state index contributed by atoms with van der Waals surface area (Å²) in [6, 6.07) is 14.0. The van der Waals surface area contributed by atoms with E-state index in [-0.39, 0.29) is 10.6 Å². The Hall–Kier alpha value is -3.20. The number of sulfone groups is 1. The quantitative estimate of drug-likeness (QED) is 0.700. The average Bonchev–Trinajstić information content (AvgIpc) is 2.93. The first kappa shape index (κ1) is 20.5. The molecule has 1 saturated heterocycles. The first-order valence-electron chi connectivity index (χ1n) is 8.97. The van der Waals surface area contributed by atoms with Crippen LogP contribution < -0.4 is 10.6 Å². The topological polar surface area (TPSA) is 113 Å². The van der Waals surface area contributed by atoms with Crippen LogP contribution in [0, 0.1) is 0 Å². The van der Waals surface area contributed by atoms with Crippen LogP contribution in [0.5, 0.6) is 0 Å². The normalized spacial score (nSPS) is 19.2. The van der Waals surface area contributed by atoms with Gasteiger partial charge >= 0.3 is 6.03 Å². The van der Waals surface area contributed by atoms with E-state index < -0.39 is 39.8 Å². The smallest absolute Gasteiger partial charge is 0.324 e. The van der Waals surface area contributed by atoms with Crippen LogP contribution in [0.3, 0.4) is 0 Å². The standard InChI is InChI=1S/C20H21N3O5S/c1-3-20(14-8-5-4-6-9-14)18(25)23(19(26)22-20)13-17(24)21-15-10-7-11-16(12-15)29(2,27)28/h4-12H,3,13H2,1-2H3,(H,21,24)(H,22,26). The fraction of sp³-hybridized carbons (Fsp3) is 0.250. The number of anilines is 1. The Labute approximate surface area is 168 Å². The number of carbonyl (C=O) groups is 3. The molecule has 0 bridgehead atoms. The minimum atomic E-state index is -3.43. The van der Waals surface area contributed by atoms with Crippen molar-refractivity contribution in [3.8, 4) is 0 Å². The second-order valence-electron chi connectivity index (χ2n) is 6.79. The molecule has 0 saturated carbocycles. The van der Waals surface area contributed by atoms with Gasteiger partial charge in [0.2, 0.25) is 5.91 Å². The van der Waals surface area contributed by atoms with Gasteiger partial charge in [-0.05, 0) is 30.2 Å². The highest BCUT2D eigenvalue weighted by Crippen LogP contribution is 2.32. The molecule has 2 aromatic rings. The van der Waals surface area contributed by atoms with Crippen molar-refractivity contribution in [1.29, 1.82) is 0 Å². The molecule has 1 unspecified atom stereocenters. The van der Waals surface area contributed by atoms with Crippen LogP contribution in [0.25, 0.3) is 0 Å². The van der Waals surface area contributed by atoms with Crippen molar-refractivity contribution in [2.75, 3.05) is 18.1 Å². The molecular formula is C20H21N3O5S. The zero-order chi connectivity index (χ0) is 21.2. The van der Waals surface area contributed by atoms with Crippen molar-refractivity contribution in [2.24, 2.45) is 0 Å². The summed E-state index contributed by atoms with van der Waals surface area (Å²) >= 11 is 0. The summed E-state index contributed by atoms with van der Waals surface area (Å²) in [5.74, 6) is -1.12. The van der Waals surface area contributed by atoms with Gasteiger partial charge in [0.25, 0.3) is 5.91 Å². The Morgan fingerprint density at radius 2 is 1.79 bits per heavy atom. The van der Waals surface area contributed by atoms with Crippen LogP contribution in [-0.4, -0.2) is 44.0 Å². The summed E-state index contributed by atoms with van der Waals surface area (Å²) in [6.07, 6.45) is 1.39. The van der Waals surface area contributed by atoms with Crippen LogP contribution in [0.4, 0.5) is 10.5 Å². The van der Waals surface area contributed by atoms with Crippen molar-refractivity contribution >= 4 is 33.4 Å². The van der Waals surface area contributed by atoms with Gasteiger partial charge in [0, 0.05) is 11.9 Å². The molecule has 1 aliphatic heterocycles. The maximum absolute atomic E-state index is 13.0. The number of hydrogen-bond acceptors (Lipinski definition) is 5. The molecule has 9 heteroatoms. The summed E-state index contributed by atoms with van der Waals surface area (Å²) in [6.45, 7) is 1.30. The number of nitrogens with one attached hydrogen (secondary N) is 2. The van der Waals surface area contributed by atoms with Gasteiger partial charge in [-0.1, -0.05) is 43.3 Å². The number of imide groups is 1. The molecule has 2 aromatic carbocycles. The number of urea groups is 1. The molecule has 152 valence electrons. The monoisotopic (exact) mass is 415 g/mol. The van der Waals surface area contributed by atoms with Crippen molar-refractivity contribution < 1.29 is 22.8 Å². The van der Waals surface area contributed by atoms with E-state index in [9.17, 15) is 22.8 Å².